The number of nitrogens with one attached hydrogen (secondary N) is 1. The van der Waals surface area contributed by atoms with Crippen LogP contribution in [-0.2, 0) is 6.42 Å². The normalized spacial score (nSPS) is 26.4. The number of nitrogens with zero attached hydrogens (tertiary/aromatic N) is 4. The molecule has 2 aromatic rings. The molecule has 27 heavy (non-hydrogen) atoms. The number of hydrogen-bond donors (Lipinski definition) is 1. The van der Waals surface area contributed by atoms with Crippen molar-refractivity contribution in [1.29, 1.82) is 0 Å². The molecule has 2 aliphatic rings. The number of halogens is 2. The van der Waals surface area contributed by atoms with Crippen molar-refractivity contribution < 1.29 is 4.39 Å². The Morgan fingerprint density at radius 3 is 2.56 bits per heavy atom. The molecule has 3 heterocycles. The van der Waals surface area contributed by atoms with E-state index in [0.29, 0.717) is 24.9 Å². The van der Waals surface area contributed by atoms with Gasteiger partial charge in [0.15, 0.2) is 10.6 Å². The zero-order valence-corrected chi connectivity index (χ0v) is 17.5. The van der Waals surface area contributed by atoms with Crippen molar-refractivity contribution in [2.45, 2.75) is 76.5 Å². The molecule has 1 saturated carbocycles. The van der Waals surface area contributed by atoms with Crippen LogP contribution in [0.1, 0.15) is 57.4 Å². The van der Waals surface area contributed by atoms with Crippen LogP contribution >= 0.6 is 22.9 Å². The third-order valence-electron chi connectivity index (χ3n) is 5.97. The van der Waals surface area contributed by atoms with E-state index in [0.717, 1.165) is 66.4 Å². The average Bonchev–Trinajstić information content (AvgIpc) is 3.06. The highest BCUT2D eigenvalue weighted by Crippen LogP contribution is 2.33. The van der Waals surface area contributed by atoms with Crippen LogP contribution in [0.3, 0.4) is 0 Å². The first-order valence-corrected chi connectivity index (χ1v) is 11.2. The molecule has 1 aliphatic carbocycles. The topological polar surface area (TPSA) is 53.9 Å². The van der Waals surface area contributed by atoms with Gasteiger partial charge >= 0.3 is 0 Å². The van der Waals surface area contributed by atoms with Gasteiger partial charge in [-0.15, -0.1) is 0 Å². The second kappa shape index (κ2) is 7.76. The number of anilines is 1. The fraction of sp³-hybridized carbons (Fsp3) is 0.737. The van der Waals surface area contributed by atoms with E-state index in [2.05, 4.69) is 32.1 Å². The Hall–Kier alpha value is -1.05. The molecule has 5 nitrogen and oxygen atoms in total. The Bertz CT molecular complexity index is 793. The third-order valence-corrected chi connectivity index (χ3v) is 7.24. The van der Waals surface area contributed by atoms with Crippen molar-refractivity contribution in [3.05, 3.63) is 10.3 Å². The molecular weight excluding hydrogens is 385 g/mol. The van der Waals surface area contributed by atoms with Gasteiger partial charge in [0.05, 0.1) is 5.01 Å². The summed E-state index contributed by atoms with van der Waals surface area (Å²) in [4.78, 5) is 16.7. The van der Waals surface area contributed by atoms with Crippen LogP contribution in [0.4, 0.5) is 10.2 Å². The Morgan fingerprint density at radius 2 is 1.89 bits per heavy atom. The largest absolute Gasteiger partial charge is 0.365 e. The summed E-state index contributed by atoms with van der Waals surface area (Å²) in [6.45, 7) is 5.60. The third kappa shape index (κ3) is 4.35. The van der Waals surface area contributed by atoms with Gasteiger partial charge in [-0.3, -0.25) is 0 Å². The summed E-state index contributed by atoms with van der Waals surface area (Å²) >= 11 is 7.70. The lowest BCUT2D eigenvalue weighted by atomic mass is 9.87. The van der Waals surface area contributed by atoms with Crippen molar-refractivity contribution in [3.63, 3.8) is 0 Å². The Labute approximate surface area is 168 Å². The van der Waals surface area contributed by atoms with Gasteiger partial charge in [0, 0.05) is 25.2 Å². The maximum atomic E-state index is 14.0. The lowest BCUT2D eigenvalue weighted by molar-refractivity contribution is 0.0401. The minimum atomic E-state index is -0.974. The van der Waals surface area contributed by atoms with Crippen molar-refractivity contribution in [2.24, 2.45) is 0 Å². The predicted molar refractivity (Wildman–Crippen MR) is 110 cm³/mol. The Kier molecular flexibility index (Phi) is 5.54. The monoisotopic (exact) mass is 411 g/mol. The molecule has 8 heteroatoms. The summed E-state index contributed by atoms with van der Waals surface area (Å²) in [5.74, 6) is 0.760. The van der Waals surface area contributed by atoms with Crippen molar-refractivity contribution in [1.82, 2.24) is 19.9 Å². The van der Waals surface area contributed by atoms with E-state index in [4.69, 9.17) is 11.6 Å². The molecule has 1 aliphatic heterocycles. The quantitative estimate of drug-likeness (QED) is 0.729. The number of likely N-dealkylation sites (tertiary alicyclic amines) is 1. The molecule has 0 aromatic carbocycles. The van der Waals surface area contributed by atoms with Gasteiger partial charge in [-0.25, -0.2) is 14.4 Å². The van der Waals surface area contributed by atoms with Gasteiger partial charge in [-0.05, 0) is 63.5 Å². The molecule has 1 saturated heterocycles. The van der Waals surface area contributed by atoms with Crippen molar-refractivity contribution >= 4 is 39.1 Å². The van der Waals surface area contributed by atoms with E-state index in [1.807, 2.05) is 0 Å². The number of rotatable bonds is 4. The minimum absolute atomic E-state index is 0.271. The first-order chi connectivity index (χ1) is 12.9. The highest BCUT2D eigenvalue weighted by Gasteiger charge is 2.34. The number of aromatic nitrogens is 3. The lowest BCUT2D eigenvalue weighted by Crippen LogP contribution is -2.47. The first kappa shape index (κ1) is 19.3. The highest BCUT2D eigenvalue weighted by atomic mass is 35.5. The molecule has 0 atom stereocenters. The number of aryl methyl sites for hydroxylation is 1. The number of thiazole rings is 1. The van der Waals surface area contributed by atoms with Gasteiger partial charge in [0.1, 0.15) is 11.2 Å². The van der Waals surface area contributed by atoms with E-state index >= 15 is 0 Å². The van der Waals surface area contributed by atoms with E-state index in [1.54, 1.807) is 18.3 Å². The van der Waals surface area contributed by atoms with Crippen molar-refractivity contribution in [2.75, 3.05) is 18.4 Å². The molecule has 0 bridgehead atoms. The fourth-order valence-electron chi connectivity index (χ4n) is 4.23. The van der Waals surface area contributed by atoms with Crippen LogP contribution in [0, 0.1) is 0 Å². The molecule has 2 fully saturated rings. The van der Waals surface area contributed by atoms with Gasteiger partial charge in [-0.2, -0.15) is 4.98 Å². The zero-order chi connectivity index (χ0) is 19.0. The summed E-state index contributed by atoms with van der Waals surface area (Å²) in [5, 5.41) is 4.89. The Morgan fingerprint density at radius 1 is 1.19 bits per heavy atom. The maximum absolute atomic E-state index is 14.0. The number of hydrogen-bond acceptors (Lipinski definition) is 6. The minimum Gasteiger partial charge on any atom is -0.365 e. The molecule has 0 spiro atoms. The smallest absolute Gasteiger partial charge is 0.225 e. The lowest BCUT2D eigenvalue weighted by Gasteiger charge is -2.42. The predicted octanol–water partition coefficient (Wildman–Crippen LogP) is 4.85. The van der Waals surface area contributed by atoms with Crippen molar-refractivity contribution in [3.8, 4) is 0 Å². The zero-order valence-electron chi connectivity index (χ0n) is 16.0. The molecule has 0 amide bonds. The number of piperidine rings is 1. The molecule has 1 N–H and O–H groups in total. The van der Waals surface area contributed by atoms with Crippen LogP contribution in [-0.4, -0.2) is 50.7 Å². The van der Waals surface area contributed by atoms with Gasteiger partial charge < -0.3 is 10.2 Å². The van der Waals surface area contributed by atoms with Crippen LogP contribution < -0.4 is 5.32 Å². The summed E-state index contributed by atoms with van der Waals surface area (Å²) in [6, 6.07) is 0.956. The Balaban J connectivity index is 1.38. The fourth-order valence-corrected chi connectivity index (χ4v) is 5.32. The van der Waals surface area contributed by atoms with E-state index < -0.39 is 5.67 Å². The number of alkyl halides is 1. The second-order valence-corrected chi connectivity index (χ2v) is 9.46. The summed E-state index contributed by atoms with van der Waals surface area (Å²) in [5.41, 5.74) is -0.140. The van der Waals surface area contributed by atoms with Crippen LogP contribution in [0.2, 0.25) is 5.28 Å². The molecule has 0 unspecified atom stereocenters. The standard InChI is InChI=1S/C19H27ClFN5S/c1-3-14-23-15-16(24-18(20)25-17(15)27-14)22-12-4-6-13(7-5-12)26-10-8-19(2,21)9-11-26/h12-13H,3-11H2,1-2H3,(H,22,24,25). The van der Waals surface area contributed by atoms with Gasteiger partial charge in [0.25, 0.3) is 0 Å². The van der Waals surface area contributed by atoms with Crippen LogP contribution in [0.25, 0.3) is 10.3 Å². The summed E-state index contributed by atoms with van der Waals surface area (Å²) < 4.78 is 14.0. The molecule has 148 valence electrons. The van der Waals surface area contributed by atoms with Gasteiger partial charge in [-0.1, -0.05) is 18.3 Å². The average molecular weight is 412 g/mol. The summed E-state index contributed by atoms with van der Waals surface area (Å²) in [7, 11) is 0. The maximum Gasteiger partial charge on any atom is 0.225 e. The first-order valence-electron chi connectivity index (χ1n) is 9.96. The SMILES string of the molecule is CCc1nc2c(NC3CCC(N4CCC(C)(F)CC4)CC3)nc(Cl)nc2s1. The number of fused-ring (bicyclic) bond motifs is 1. The molecular formula is C19H27ClFN5S. The van der Waals surface area contributed by atoms with Crippen LogP contribution in [0.5, 0.6) is 0 Å². The van der Waals surface area contributed by atoms with Gasteiger partial charge in [0.2, 0.25) is 5.28 Å². The molecule has 4 rings (SSSR count). The highest BCUT2D eigenvalue weighted by molar-refractivity contribution is 7.18. The second-order valence-electron chi connectivity index (χ2n) is 8.06. The molecule has 2 aromatic heterocycles. The van der Waals surface area contributed by atoms with E-state index in [9.17, 15) is 4.39 Å². The van der Waals surface area contributed by atoms with E-state index in [1.165, 1.54) is 0 Å². The molecule has 0 radical (unpaired) electrons. The van der Waals surface area contributed by atoms with Crippen LogP contribution in [0.15, 0.2) is 0 Å². The van der Waals surface area contributed by atoms with E-state index in [-0.39, 0.29) is 5.28 Å². The summed E-state index contributed by atoms with van der Waals surface area (Å²) in [6.07, 6.45) is 6.65.